The first kappa shape index (κ1) is 33.1. The van der Waals surface area contributed by atoms with Gasteiger partial charge in [0.05, 0.1) is 18.9 Å². The van der Waals surface area contributed by atoms with Crippen molar-refractivity contribution >= 4 is 18.1 Å². The first-order valence-corrected chi connectivity index (χ1v) is 15.3. The predicted molar refractivity (Wildman–Crippen MR) is 164 cm³/mol. The Bertz CT molecular complexity index is 1020. The van der Waals surface area contributed by atoms with E-state index in [-0.39, 0.29) is 5.91 Å². The topological polar surface area (TPSA) is 77.0 Å². The van der Waals surface area contributed by atoms with Crippen molar-refractivity contribution in [1.82, 2.24) is 5.43 Å². The van der Waals surface area contributed by atoms with Gasteiger partial charge >= 0.3 is 5.97 Å². The van der Waals surface area contributed by atoms with Gasteiger partial charge in [0.2, 0.25) is 5.91 Å². The lowest BCUT2D eigenvalue weighted by molar-refractivity contribution is -0.121. The minimum absolute atomic E-state index is 0.0819. The standard InChI is InChI=1S/C34H50N2O4/c1-4-5-6-7-8-9-10-11-12-13-14-15-16-17-18-19-33(37)36-35-27-29-22-25-31(32(26-29)39-3)40-34(38)30-23-20-28(2)21-24-30/h20-27H,4-19H2,1-3H3,(H,36,37)/b35-27+. The molecule has 0 atom stereocenters. The summed E-state index contributed by atoms with van der Waals surface area (Å²) in [6, 6.07) is 12.3. The molecule has 0 bridgehead atoms. The molecule has 0 unspecified atom stereocenters. The fourth-order valence-corrected chi connectivity index (χ4v) is 4.59. The molecule has 0 heterocycles. The molecule has 0 saturated heterocycles. The second kappa shape index (κ2) is 20.7. The van der Waals surface area contributed by atoms with Gasteiger partial charge in [0, 0.05) is 6.42 Å². The van der Waals surface area contributed by atoms with E-state index in [1.807, 2.05) is 19.1 Å². The minimum Gasteiger partial charge on any atom is -0.493 e. The summed E-state index contributed by atoms with van der Waals surface area (Å²) in [5.74, 6) is 0.198. The van der Waals surface area contributed by atoms with Crippen molar-refractivity contribution in [3.05, 3.63) is 59.2 Å². The number of amides is 1. The van der Waals surface area contributed by atoms with Crippen LogP contribution >= 0.6 is 0 Å². The Kier molecular flexibility index (Phi) is 17.1. The first-order valence-electron chi connectivity index (χ1n) is 15.3. The second-order valence-corrected chi connectivity index (χ2v) is 10.7. The lowest BCUT2D eigenvalue weighted by Gasteiger charge is -2.10. The zero-order valence-corrected chi connectivity index (χ0v) is 25.0. The molecular weight excluding hydrogens is 500 g/mol. The minimum atomic E-state index is -0.453. The number of carbonyl (C=O) groups excluding carboxylic acids is 2. The molecule has 0 aliphatic heterocycles. The molecule has 0 spiro atoms. The van der Waals surface area contributed by atoms with E-state index >= 15 is 0 Å². The van der Waals surface area contributed by atoms with Gasteiger partial charge in [-0.25, -0.2) is 10.2 Å². The molecule has 0 radical (unpaired) electrons. The van der Waals surface area contributed by atoms with Crippen molar-refractivity contribution in [1.29, 1.82) is 0 Å². The molecular formula is C34H50N2O4. The third-order valence-corrected chi connectivity index (χ3v) is 7.09. The van der Waals surface area contributed by atoms with Crippen molar-refractivity contribution < 1.29 is 19.1 Å². The van der Waals surface area contributed by atoms with Crippen LogP contribution in [0.3, 0.4) is 0 Å². The number of carbonyl (C=O) groups is 2. The Labute approximate surface area is 241 Å². The number of benzene rings is 2. The summed E-state index contributed by atoms with van der Waals surface area (Å²) in [4.78, 5) is 24.5. The van der Waals surface area contributed by atoms with E-state index in [2.05, 4.69) is 17.5 Å². The molecule has 220 valence electrons. The monoisotopic (exact) mass is 550 g/mol. The molecule has 0 saturated carbocycles. The fourth-order valence-electron chi connectivity index (χ4n) is 4.59. The maximum absolute atomic E-state index is 12.4. The van der Waals surface area contributed by atoms with Crippen LogP contribution in [0.5, 0.6) is 11.5 Å². The van der Waals surface area contributed by atoms with Gasteiger partial charge < -0.3 is 9.47 Å². The number of aryl methyl sites for hydroxylation is 1. The Balaban J connectivity index is 1.55. The summed E-state index contributed by atoms with van der Waals surface area (Å²) in [5.41, 5.74) is 4.85. The van der Waals surface area contributed by atoms with E-state index in [1.165, 1.54) is 90.6 Å². The summed E-state index contributed by atoms with van der Waals surface area (Å²) >= 11 is 0. The van der Waals surface area contributed by atoms with Crippen LogP contribution in [-0.2, 0) is 4.79 Å². The van der Waals surface area contributed by atoms with Crippen LogP contribution in [0.1, 0.15) is 131 Å². The summed E-state index contributed by atoms with van der Waals surface area (Å²) in [6.07, 6.45) is 21.6. The van der Waals surface area contributed by atoms with E-state index in [9.17, 15) is 9.59 Å². The Hall–Kier alpha value is -3.15. The zero-order valence-electron chi connectivity index (χ0n) is 25.0. The molecule has 2 aromatic rings. The van der Waals surface area contributed by atoms with Gasteiger partial charge in [-0.3, -0.25) is 4.79 Å². The number of hydrogen-bond acceptors (Lipinski definition) is 5. The van der Waals surface area contributed by atoms with Crippen LogP contribution < -0.4 is 14.9 Å². The number of rotatable bonds is 21. The smallest absolute Gasteiger partial charge is 0.343 e. The zero-order chi connectivity index (χ0) is 28.8. The fraction of sp³-hybridized carbons (Fsp3) is 0.559. The van der Waals surface area contributed by atoms with Crippen LogP contribution in [0.2, 0.25) is 0 Å². The molecule has 0 fully saturated rings. The summed E-state index contributed by atoms with van der Waals surface area (Å²) in [6.45, 7) is 4.23. The Morgan fingerprint density at radius 3 is 1.85 bits per heavy atom. The lowest BCUT2D eigenvalue weighted by atomic mass is 10.0. The van der Waals surface area contributed by atoms with E-state index < -0.39 is 5.97 Å². The highest BCUT2D eigenvalue weighted by Crippen LogP contribution is 2.28. The Morgan fingerprint density at radius 2 is 1.30 bits per heavy atom. The van der Waals surface area contributed by atoms with E-state index in [1.54, 1.807) is 36.5 Å². The normalized spacial score (nSPS) is 11.1. The molecule has 0 aliphatic rings. The van der Waals surface area contributed by atoms with Crippen LogP contribution in [0.4, 0.5) is 0 Å². The van der Waals surface area contributed by atoms with Crippen LogP contribution in [0.25, 0.3) is 0 Å². The summed E-state index contributed by atoms with van der Waals surface area (Å²) in [5, 5.41) is 4.06. The van der Waals surface area contributed by atoms with Gasteiger partial charge in [0.15, 0.2) is 11.5 Å². The van der Waals surface area contributed by atoms with Crippen molar-refractivity contribution in [3.63, 3.8) is 0 Å². The highest BCUT2D eigenvalue weighted by Gasteiger charge is 2.12. The average Bonchev–Trinajstić information content (AvgIpc) is 2.96. The van der Waals surface area contributed by atoms with Gasteiger partial charge in [0.25, 0.3) is 0 Å². The number of hydrogen-bond donors (Lipinski definition) is 1. The van der Waals surface area contributed by atoms with Gasteiger partial charge in [-0.2, -0.15) is 5.10 Å². The third-order valence-electron chi connectivity index (χ3n) is 7.09. The highest BCUT2D eigenvalue weighted by molar-refractivity contribution is 5.91. The number of nitrogens with zero attached hydrogens (tertiary/aromatic N) is 1. The number of unbranched alkanes of at least 4 members (excludes halogenated alkanes) is 14. The molecule has 0 aromatic heterocycles. The lowest BCUT2D eigenvalue weighted by Crippen LogP contribution is -2.16. The quantitative estimate of drug-likeness (QED) is 0.0553. The van der Waals surface area contributed by atoms with Crippen molar-refractivity contribution in [2.45, 2.75) is 117 Å². The van der Waals surface area contributed by atoms with Crippen molar-refractivity contribution in [2.75, 3.05) is 7.11 Å². The van der Waals surface area contributed by atoms with Crippen molar-refractivity contribution in [2.24, 2.45) is 5.10 Å². The molecule has 1 amide bonds. The number of esters is 1. The molecule has 0 aliphatic carbocycles. The maximum Gasteiger partial charge on any atom is 0.343 e. The summed E-state index contributed by atoms with van der Waals surface area (Å²) < 4.78 is 10.9. The number of hydrazone groups is 1. The second-order valence-electron chi connectivity index (χ2n) is 10.7. The van der Waals surface area contributed by atoms with E-state index in [0.29, 0.717) is 23.5 Å². The molecule has 6 heteroatoms. The Morgan fingerprint density at radius 1 is 0.750 bits per heavy atom. The van der Waals surface area contributed by atoms with Crippen molar-refractivity contribution in [3.8, 4) is 11.5 Å². The van der Waals surface area contributed by atoms with Crippen LogP contribution in [0.15, 0.2) is 47.6 Å². The largest absolute Gasteiger partial charge is 0.493 e. The highest BCUT2D eigenvalue weighted by atomic mass is 16.6. The van der Waals surface area contributed by atoms with E-state index in [0.717, 1.165) is 24.0 Å². The van der Waals surface area contributed by atoms with Crippen LogP contribution in [-0.4, -0.2) is 25.2 Å². The SMILES string of the molecule is CCCCCCCCCCCCCCCCCC(=O)N/N=C/c1ccc(OC(=O)c2ccc(C)cc2)c(OC)c1. The van der Waals surface area contributed by atoms with Gasteiger partial charge in [-0.1, -0.05) is 115 Å². The van der Waals surface area contributed by atoms with Crippen LogP contribution in [0, 0.1) is 6.92 Å². The molecule has 2 rings (SSSR count). The molecule has 40 heavy (non-hydrogen) atoms. The van der Waals surface area contributed by atoms with E-state index in [4.69, 9.17) is 9.47 Å². The maximum atomic E-state index is 12.4. The summed E-state index contributed by atoms with van der Waals surface area (Å²) in [7, 11) is 1.51. The molecule has 2 aromatic carbocycles. The van der Waals surface area contributed by atoms with Gasteiger partial charge in [-0.15, -0.1) is 0 Å². The van der Waals surface area contributed by atoms with Gasteiger partial charge in [-0.05, 0) is 49.2 Å². The molecule has 1 N–H and O–H groups in total. The average molecular weight is 551 g/mol. The third kappa shape index (κ3) is 14.3. The number of nitrogens with one attached hydrogen (secondary N) is 1. The van der Waals surface area contributed by atoms with Gasteiger partial charge in [0.1, 0.15) is 0 Å². The predicted octanol–water partition coefficient (Wildman–Crippen LogP) is 8.93. The first-order chi connectivity index (χ1) is 19.5. The molecule has 6 nitrogen and oxygen atoms in total. The number of methoxy groups -OCH3 is 1. The number of ether oxygens (including phenoxy) is 2.